The smallest absolute Gasteiger partial charge is 0.271 e. The van der Waals surface area contributed by atoms with E-state index in [0.29, 0.717) is 18.2 Å². The van der Waals surface area contributed by atoms with E-state index in [2.05, 4.69) is 40.3 Å². The quantitative estimate of drug-likeness (QED) is 0.749. The van der Waals surface area contributed by atoms with Gasteiger partial charge in [-0.15, -0.1) is 0 Å². The van der Waals surface area contributed by atoms with Crippen LogP contribution < -0.4 is 10.1 Å². The van der Waals surface area contributed by atoms with Crippen molar-refractivity contribution in [3.63, 3.8) is 0 Å². The highest BCUT2D eigenvalue weighted by atomic mass is 16.5. The predicted molar refractivity (Wildman–Crippen MR) is 106 cm³/mol. The first kappa shape index (κ1) is 19.4. The molecule has 6 nitrogen and oxygen atoms in total. The van der Waals surface area contributed by atoms with Gasteiger partial charge in [-0.2, -0.15) is 5.10 Å². The van der Waals surface area contributed by atoms with Crippen molar-refractivity contribution in [2.75, 3.05) is 26.7 Å². The van der Waals surface area contributed by atoms with Gasteiger partial charge in [0, 0.05) is 17.8 Å². The predicted octanol–water partition coefficient (Wildman–Crippen LogP) is 3.18. The largest absolute Gasteiger partial charge is 0.496 e. The summed E-state index contributed by atoms with van der Waals surface area (Å²) < 4.78 is 5.56. The second kappa shape index (κ2) is 9.04. The van der Waals surface area contributed by atoms with E-state index >= 15 is 0 Å². The zero-order valence-electron chi connectivity index (χ0n) is 16.5. The van der Waals surface area contributed by atoms with Crippen LogP contribution in [0.1, 0.15) is 54.5 Å². The van der Waals surface area contributed by atoms with Crippen LogP contribution >= 0.6 is 0 Å². The number of nitrogens with zero attached hydrogens (tertiary/aromatic N) is 2. The van der Waals surface area contributed by atoms with Crippen molar-refractivity contribution < 1.29 is 9.53 Å². The number of carbonyl (C=O) groups is 1. The molecule has 0 bridgehead atoms. The number of hydrogen-bond donors (Lipinski definition) is 2. The zero-order chi connectivity index (χ0) is 19.2. The summed E-state index contributed by atoms with van der Waals surface area (Å²) in [7, 11) is 1.69. The summed E-state index contributed by atoms with van der Waals surface area (Å²) in [4.78, 5) is 15.0. The number of carbonyl (C=O) groups excluding carboxylic acids is 1. The highest BCUT2D eigenvalue weighted by Gasteiger charge is 2.26. The molecule has 1 atom stereocenters. The average molecular weight is 370 g/mol. The van der Waals surface area contributed by atoms with Crippen LogP contribution in [0.25, 0.3) is 0 Å². The number of rotatable bonds is 8. The Morgan fingerprint density at radius 2 is 2.04 bits per heavy atom. The van der Waals surface area contributed by atoms with Crippen molar-refractivity contribution in [3.05, 3.63) is 47.3 Å². The summed E-state index contributed by atoms with van der Waals surface area (Å²) in [5, 5.41) is 10.2. The van der Waals surface area contributed by atoms with Crippen molar-refractivity contribution in [2.45, 2.75) is 39.2 Å². The molecule has 0 saturated carbocycles. The zero-order valence-corrected chi connectivity index (χ0v) is 16.5. The lowest BCUT2D eigenvalue weighted by atomic mass is 10.0. The van der Waals surface area contributed by atoms with E-state index in [1.54, 1.807) is 7.11 Å². The first-order valence-corrected chi connectivity index (χ1v) is 9.78. The molecular formula is C21H30N4O2. The Bertz CT molecular complexity index is 750. The third-order valence-corrected chi connectivity index (χ3v) is 5.03. The van der Waals surface area contributed by atoms with Crippen molar-refractivity contribution in [1.29, 1.82) is 0 Å². The number of aromatic nitrogens is 2. The molecule has 1 aliphatic heterocycles. The molecule has 1 aromatic heterocycles. The Balaban J connectivity index is 1.71. The maximum atomic E-state index is 12.6. The van der Waals surface area contributed by atoms with Gasteiger partial charge in [0.25, 0.3) is 5.91 Å². The molecule has 3 rings (SSSR count). The van der Waals surface area contributed by atoms with Crippen LogP contribution in [0.4, 0.5) is 0 Å². The van der Waals surface area contributed by atoms with Gasteiger partial charge in [-0.25, -0.2) is 0 Å². The minimum atomic E-state index is -0.139. The average Bonchev–Trinajstić information content (AvgIpc) is 3.34. The van der Waals surface area contributed by atoms with Gasteiger partial charge < -0.3 is 10.1 Å². The molecule has 2 aromatic rings. The lowest BCUT2D eigenvalue weighted by molar-refractivity contribution is 0.0932. The van der Waals surface area contributed by atoms with Crippen LogP contribution in [0.3, 0.4) is 0 Å². The Morgan fingerprint density at radius 3 is 2.74 bits per heavy atom. The first-order chi connectivity index (χ1) is 13.1. The Morgan fingerprint density at radius 1 is 1.30 bits per heavy atom. The van der Waals surface area contributed by atoms with Crippen LogP contribution in [0.2, 0.25) is 0 Å². The van der Waals surface area contributed by atoms with E-state index in [4.69, 9.17) is 4.74 Å². The van der Waals surface area contributed by atoms with Crippen LogP contribution in [0.15, 0.2) is 30.3 Å². The van der Waals surface area contributed by atoms with Crippen molar-refractivity contribution in [2.24, 2.45) is 5.92 Å². The summed E-state index contributed by atoms with van der Waals surface area (Å²) in [6.45, 7) is 6.91. The number of likely N-dealkylation sites (tertiary alicyclic amines) is 1. The van der Waals surface area contributed by atoms with E-state index in [0.717, 1.165) is 36.5 Å². The number of H-pyrrole nitrogens is 1. The number of ether oxygens (including phenoxy) is 1. The fourth-order valence-electron chi connectivity index (χ4n) is 3.73. The Hall–Kier alpha value is -2.34. The summed E-state index contributed by atoms with van der Waals surface area (Å²) in [6.07, 6.45) is 3.27. The van der Waals surface area contributed by atoms with Crippen LogP contribution in [-0.4, -0.2) is 47.7 Å². The number of aromatic amines is 1. The van der Waals surface area contributed by atoms with Crippen LogP contribution in [0, 0.1) is 5.92 Å². The van der Waals surface area contributed by atoms with E-state index in [9.17, 15) is 4.79 Å². The molecule has 0 spiro atoms. The maximum absolute atomic E-state index is 12.6. The van der Waals surface area contributed by atoms with E-state index in [1.807, 2.05) is 24.3 Å². The molecule has 146 valence electrons. The van der Waals surface area contributed by atoms with Crippen molar-refractivity contribution >= 4 is 5.91 Å². The monoisotopic (exact) mass is 370 g/mol. The molecule has 27 heavy (non-hydrogen) atoms. The number of benzene rings is 1. The van der Waals surface area contributed by atoms with Gasteiger partial charge in [-0.3, -0.25) is 14.8 Å². The molecule has 1 unspecified atom stereocenters. The highest BCUT2D eigenvalue weighted by Crippen LogP contribution is 2.31. The highest BCUT2D eigenvalue weighted by molar-refractivity contribution is 5.92. The lowest BCUT2D eigenvalue weighted by Gasteiger charge is -2.29. The lowest BCUT2D eigenvalue weighted by Crippen LogP contribution is -2.37. The van der Waals surface area contributed by atoms with Crippen molar-refractivity contribution in [3.8, 4) is 5.75 Å². The molecule has 0 aliphatic carbocycles. The summed E-state index contributed by atoms with van der Waals surface area (Å²) >= 11 is 0. The molecule has 1 aliphatic rings. The molecule has 1 aromatic carbocycles. The van der Waals surface area contributed by atoms with E-state index < -0.39 is 0 Å². The molecule has 2 heterocycles. The number of nitrogens with one attached hydrogen (secondary N) is 2. The number of para-hydroxylation sites is 1. The SMILES string of the molecule is COc1ccccc1C(CNC(=O)c1cc(CC(C)C)[nH]n1)N1CCCC1. The summed E-state index contributed by atoms with van der Waals surface area (Å²) in [6, 6.07) is 10.0. The number of methoxy groups -OCH3 is 1. The molecular weight excluding hydrogens is 340 g/mol. The van der Waals surface area contributed by atoms with Crippen LogP contribution in [0.5, 0.6) is 5.75 Å². The molecule has 2 N–H and O–H groups in total. The third-order valence-electron chi connectivity index (χ3n) is 5.03. The molecule has 1 amide bonds. The minimum Gasteiger partial charge on any atom is -0.496 e. The second-order valence-electron chi connectivity index (χ2n) is 7.59. The van der Waals surface area contributed by atoms with E-state index in [1.165, 1.54) is 12.8 Å². The van der Waals surface area contributed by atoms with Gasteiger partial charge in [0.1, 0.15) is 11.4 Å². The molecule has 0 radical (unpaired) electrons. The molecule has 1 saturated heterocycles. The standard InChI is InChI=1S/C21H30N4O2/c1-15(2)12-16-13-18(24-23-16)21(26)22-14-19(25-10-6-7-11-25)17-8-4-5-9-20(17)27-3/h4-5,8-9,13,15,19H,6-7,10-12,14H2,1-3H3,(H,22,26)(H,23,24). The topological polar surface area (TPSA) is 70.2 Å². The third kappa shape index (κ3) is 4.89. The fraction of sp³-hybridized carbons (Fsp3) is 0.524. The van der Waals surface area contributed by atoms with Gasteiger partial charge in [-0.05, 0) is 50.4 Å². The van der Waals surface area contributed by atoms with Gasteiger partial charge in [0.05, 0.1) is 13.2 Å². The fourth-order valence-corrected chi connectivity index (χ4v) is 3.73. The van der Waals surface area contributed by atoms with Gasteiger partial charge >= 0.3 is 0 Å². The van der Waals surface area contributed by atoms with E-state index in [-0.39, 0.29) is 11.9 Å². The maximum Gasteiger partial charge on any atom is 0.271 e. The molecule has 6 heteroatoms. The van der Waals surface area contributed by atoms with Gasteiger partial charge in [0.2, 0.25) is 0 Å². The molecule has 1 fully saturated rings. The number of amides is 1. The summed E-state index contributed by atoms with van der Waals surface area (Å²) in [5.41, 5.74) is 2.56. The minimum absolute atomic E-state index is 0.0988. The van der Waals surface area contributed by atoms with Gasteiger partial charge in [-0.1, -0.05) is 32.0 Å². The summed E-state index contributed by atoms with van der Waals surface area (Å²) in [5.74, 6) is 1.24. The second-order valence-corrected chi connectivity index (χ2v) is 7.59. The first-order valence-electron chi connectivity index (χ1n) is 9.78. The Labute approximate surface area is 161 Å². The van der Waals surface area contributed by atoms with Crippen molar-refractivity contribution in [1.82, 2.24) is 20.4 Å². The normalized spacial score (nSPS) is 15.9. The van der Waals surface area contributed by atoms with Crippen LogP contribution in [-0.2, 0) is 6.42 Å². The number of hydrogen-bond acceptors (Lipinski definition) is 4. The van der Waals surface area contributed by atoms with Gasteiger partial charge in [0.15, 0.2) is 0 Å². The Kier molecular flexibility index (Phi) is 6.50.